The van der Waals surface area contributed by atoms with Crippen LogP contribution in [-0.2, 0) is 6.61 Å². The third-order valence-electron chi connectivity index (χ3n) is 3.46. The van der Waals surface area contributed by atoms with Gasteiger partial charge in [-0.3, -0.25) is 4.98 Å². The highest BCUT2D eigenvalue weighted by Crippen LogP contribution is 2.22. The number of aliphatic hydroxyl groups is 1. The summed E-state index contributed by atoms with van der Waals surface area (Å²) in [5, 5.41) is 10.1. The predicted octanol–water partition coefficient (Wildman–Crippen LogP) is 4.27. The molecular formula is C18H23NO2. The lowest BCUT2D eigenvalue weighted by atomic mass is 10.0. The molecule has 0 aliphatic heterocycles. The number of pyridine rings is 1. The molecule has 1 aromatic heterocycles. The average Bonchev–Trinajstić information content (AvgIpc) is 2.54. The largest absolute Gasteiger partial charge is 0.487 e. The summed E-state index contributed by atoms with van der Waals surface area (Å²) in [6, 6.07) is 13.4. The molecular weight excluding hydrogens is 262 g/mol. The van der Waals surface area contributed by atoms with E-state index < -0.39 is 0 Å². The van der Waals surface area contributed by atoms with Crippen molar-refractivity contribution in [3.63, 3.8) is 0 Å². The van der Waals surface area contributed by atoms with E-state index in [1.165, 1.54) is 12.8 Å². The zero-order valence-corrected chi connectivity index (χ0v) is 12.5. The first-order valence-corrected chi connectivity index (χ1v) is 7.60. The van der Waals surface area contributed by atoms with Crippen LogP contribution in [0.1, 0.15) is 50.0 Å². The first-order valence-electron chi connectivity index (χ1n) is 7.60. The number of benzene rings is 1. The van der Waals surface area contributed by atoms with Gasteiger partial charge >= 0.3 is 0 Å². The quantitative estimate of drug-likeness (QED) is 0.736. The fourth-order valence-corrected chi connectivity index (χ4v) is 2.18. The Hall–Kier alpha value is -1.87. The molecule has 1 aromatic carbocycles. The summed E-state index contributed by atoms with van der Waals surface area (Å²) in [6.07, 6.45) is 5.61. The van der Waals surface area contributed by atoms with E-state index in [0.717, 1.165) is 29.8 Å². The lowest BCUT2D eigenvalue weighted by Gasteiger charge is -2.12. The summed E-state index contributed by atoms with van der Waals surface area (Å²) in [5.74, 6) is 0.796. The molecule has 0 saturated carbocycles. The van der Waals surface area contributed by atoms with Gasteiger partial charge in [0, 0.05) is 6.20 Å². The van der Waals surface area contributed by atoms with Crippen LogP contribution in [-0.4, -0.2) is 10.1 Å². The molecule has 1 atom stereocenters. The lowest BCUT2D eigenvalue weighted by Crippen LogP contribution is -1.99. The van der Waals surface area contributed by atoms with Gasteiger partial charge in [-0.1, -0.05) is 44.4 Å². The van der Waals surface area contributed by atoms with Gasteiger partial charge in [-0.25, -0.2) is 0 Å². The van der Waals surface area contributed by atoms with Crippen LogP contribution in [0.2, 0.25) is 0 Å². The van der Waals surface area contributed by atoms with E-state index in [9.17, 15) is 5.11 Å². The molecule has 0 fully saturated rings. The molecule has 1 heterocycles. The highest BCUT2D eigenvalue weighted by atomic mass is 16.5. The Bertz CT molecular complexity index is 511. The minimum Gasteiger partial charge on any atom is -0.487 e. The van der Waals surface area contributed by atoms with Gasteiger partial charge in [0.1, 0.15) is 12.4 Å². The van der Waals surface area contributed by atoms with E-state index in [1.54, 1.807) is 6.20 Å². The second-order valence-electron chi connectivity index (χ2n) is 5.19. The topological polar surface area (TPSA) is 42.4 Å². The molecule has 0 saturated heterocycles. The van der Waals surface area contributed by atoms with E-state index in [1.807, 2.05) is 42.5 Å². The maximum Gasteiger partial charge on any atom is 0.130 e. The summed E-state index contributed by atoms with van der Waals surface area (Å²) < 4.78 is 5.68. The van der Waals surface area contributed by atoms with E-state index in [2.05, 4.69) is 11.9 Å². The number of nitrogens with zero attached hydrogens (tertiary/aromatic N) is 1. The Morgan fingerprint density at radius 3 is 2.57 bits per heavy atom. The van der Waals surface area contributed by atoms with Crippen molar-refractivity contribution >= 4 is 0 Å². The van der Waals surface area contributed by atoms with E-state index >= 15 is 0 Å². The van der Waals surface area contributed by atoms with Gasteiger partial charge in [-0.15, -0.1) is 0 Å². The number of aliphatic hydroxyl groups excluding tert-OH is 1. The van der Waals surface area contributed by atoms with Gasteiger partial charge < -0.3 is 9.84 Å². The zero-order chi connectivity index (χ0) is 14.9. The van der Waals surface area contributed by atoms with E-state index in [-0.39, 0.29) is 6.10 Å². The van der Waals surface area contributed by atoms with Crippen molar-refractivity contribution in [2.24, 2.45) is 0 Å². The Kier molecular flexibility index (Phi) is 6.22. The first-order chi connectivity index (χ1) is 10.3. The average molecular weight is 285 g/mol. The molecule has 3 heteroatoms. The highest BCUT2D eigenvalue weighted by Gasteiger charge is 2.07. The molecule has 0 aliphatic rings. The van der Waals surface area contributed by atoms with Crippen molar-refractivity contribution in [1.82, 2.24) is 4.98 Å². The number of ether oxygens (including phenoxy) is 1. The summed E-state index contributed by atoms with van der Waals surface area (Å²) in [7, 11) is 0. The standard InChI is InChI=1S/C18H23NO2/c1-2-3-4-8-18(20)15-9-11-17(12-10-15)21-14-16-7-5-6-13-19-16/h5-7,9-13,18,20H,2-4,8,14H2,1H3. The molecule has 1 N–H and O–H groups in total. The van der Waals surface area contributed by atoms with Crippen LogP contribution in [0, 0.1) is 0 Å². The van der Waals surface area contributed by atoms with Crippen LogP contribution in [0.25, 0.3) is 0 Å². The molecule has 112 valence electrons. The Labute approximate surface area is 126 Å². The van der Waals surface area contributed by atoms with E-state index in [0.29, 0.717) is 6.61 Å². The minimum absolute atomic E-state index is 0.374. The van der Waals surface area contributed by atoms with Gasteiger partial charge in [0.15, 0.2) is 0 Å². The summed E-state index contributed by atoms with van der Waals surface area (Å²) in [6.45, 7) is 2.62. The predicted molar refractivity (Wildman–Crippen MR) is 84.1 cm³/mol. The maximum absolute atomic E-state index is 10.1. The van der Waals surface area contributed by atoms with Crippen molar-refractivity contribution < 1.29 is 9.84 Å². The molecule has 0 aliphatic carbocycles. The summed E-state index contributed by atoms with van der Waals surface area (Å²) in [4.78, 5) is 4.22. The maximum atomic E-state index is 10.1. The van der Waals surface area contributed by atoms with Gasteiger partial charge in [-0.05, 0) is 36.2 Å². The minimum atomic E-state index is -0.374. The smallest absolute Gasteiger partial charge is 0.130 e. The van der Waals surface area contributed by atoms with Crippen LogP contribution >= 0.6 is 0 Å². The molecule has 0 spiro atoms. The molecule has 2 aromatic rings. The first kappa shape index (κ1) is 15.5. The van der Waals surface area contributed by atoms with Crippen LogP contribution in [0.4, 0.5) is 0 Å². The second kappa shape index (κ2) is 8.42. The van der Waals surface area contributed by atoms with Crippen LogP contribution in [0.3, 0.4) is 0 Å². The molecule has 0 amide bonds. The number of rotatable bonds is 8. The lowest BCUT2D eigenvalue weighted by molar-refractivity contribution is 0.163. The molecule has 3 nitrogen and oxygen atoms in total. The van der Waals surface area contributed by atoms with Crippen molar-refractivity contribution in [2.45, 2.75) is 45.3 Å². The van der Waals surface area contributed by atoms with Crippen LogP contribution < -0.4 is 4.74 Å². The number of hydrogen-bond donors (Lipinski definition) is 1. The second-order valence-corrected chi connectivity index (χ2v) is 5.19. The monoisotopic (exact) mass is 285 g/mol. The summed E-state index contributed by atoms with van der Waals surface area (Å²) in [5.41, 5.74) is 1.86. The van der Waals surface area contributed by atoms with Crippen molar-refractivity contribution in [3.05, 3.63) is 59.9 Å². The molecule has 21 heavy (non-hydrogen) atoms. The third-order valence-corrected chi connectivity index (χ3v) is 3.46. The Balaban J connectivity index is 1.84. The number of aromatic nitrogens is 1. The number of unbranched alkanes of at least 4 members (excludes halogenated alkanes) is 2. The van der Waals surface area contributed by atoms with Crippen molar-refractivity contribution in [3.8, 4) is 5.75 Å². The number of hydrogen-bond acceptors (Lipinski definition) is 3. The van der Waals surface area contributed by atoms with E-state index in [4.69, 9.17) is 4.74 Å². The van der Waals surface area contributed by atoms with Crippen molar-refractivity contribution in [2.75, 3.05) is 0 Å². The molecule has 0 radical (unpaired) electrons. The molecule has 2 rings (SSSR count). The van der Waals surface area contributed by atoms with Gasteiger partial charge in [0.05, 0.1) is 11.8 Å². The zero-order valence-electron chi connectivity index (χ0n) is 12.5. The van der Waals surface area contributed by atoms with Crippen LogP contribution in [0.15, 0.2) is 48.7 Å². The Morgan fingerprint density at radius 2 is 1.90 bits per heavy atom. The van der Waals surface area contributed by atoms with Gasteiger partial charge in [0.25, 0.3) is 0 Å². The van der Waals surface area contributed by atoms with Gasteiger partial charge in [0.2, 0.25) is 0 Å². The summed E-state index contributed by atoms with van der Waals surface area (Å²) >= 11 is 0. The highest BCUT2D eigenvalue weighted by molar-refractivity contribution is 5.28. The third kappa shape index (κ3) is 5.20. The fraction of sp³-hybridized carbons (Fsp3) is 0.389. The SMILES string of the molecule is CCCCCC(O)c1ccc(OCc2ccccn2)cc1. The normalized spacial score (nSPS) is 12.1. The molecule has 1 unspecified atom stereocenters. The fourth-order valence-electron chi connectivity index (χ4n) is 2.18. The van der Waals surface area contributed by atoms with Crippen LogP contribution in [0.5, 0.6) is 5.75 Å². The Morgan fingerprint density at radius 1 is 1.10 bits per heavy atom. The molecule has 0 bridgehead atoms. The van der Waals surface area contributed by atoms with Crippen molar-refractivity contribution in [1.29, 1.82) is 0 Å². The van der Waals surface area contributed by atoms with Gasteiger partial charge in [-0.2, -0.15) is 0 Å².